The van der Waals surface area contributed by atoms with Gasteiger partial charge in [0, 0.05) is 12.2 Å². The molecule has 0 saturated carbocycles. The molecule has 0 radical (unpaired) electrons. The number of aromatic hydroxyl groups is 1. The lowest BCUT2D eigenvalue weighted by atomic mass is 10.0. The van der Waals surface area contributed by atoms with Crippen LogP contribution in [0.2, 0.25) is 0 Å². The number of ether oxygens (including phenoxy) is 1. The summed E-state index contributed by atoms with van der Waals surface area (Å²) in [4.78, 5) is 13.5. The molecule has 0 aliphatic carbocycles. The van der Waals surface area contributed by atoms with E-state index < -0.39 is 0 Å². The van der Waals surface area contributed by atoms with Gasteiger partial charge in [-0.15, -0.1) is 0 Å². The Morgan fingerprint density at radius 3 is 2.88 bits per heavy atom. The molecule has 2 fully saturated rings. The van der Waals surface area contributed by atoms with E-state index in [1.54, 1.807) is 29.2 Å². The van der Waals surface area contributed by atoms with E-state index in [0.29, 0.717) is 6.54 Å². The van der Waals surface area contributed by atoms with Crippen molar-refractivity contribution in [2.24, 2.45) is 0 Å². The van der Waals surface area contributed by atoms with E-state index in [-0.39, 0.29) is 24.0 Å². The Kier molecular flexibility index (Phi) is 2.40. The average Bonchev–Trinajstić information content (AvgIpc) is 2.66. The Morgan fingerprint density at radius 1 is 1.35 bits per heavy atom. The van der Waals surface area contributed by atoms with E-state index in [1.165, 1.54) is 0 Å². The van der Waals surface area contributed by atoms with Gasteiger partial charge in [0.2, 0.25) is 0 Å². The molecule has 1 aromatic rings. The normalized spacial score (nSPS) is 27.8. The van der Waals surface area contributed by atoms with Gasteiger partial charge in [-0.3, -0.25) is 4.90 Å². The first-order valence-electron chi connectivity index (χ1n) is 5.75. The van der Waals surface area contributed by atoms with E-state index in [4.69, 9.17) is 4.74 Å². The molecule has 1 aromatic carbocycles. The maximum Gasteiger partial charge on any atom is 0.415 e. The van der Waals surface area contributed by atoms with Gasteiger partial charge in [-0.1, -0.05) is 0 Å². The van der Waals surface area contributed by atoms with Crippen molar-refractivity contribution in [2.45, 2.75) is 18.6 Å². The van der Waals surface area contributed by atoms with Gasteiger partial charge < -0.3 is 15.2 Å². The first-order chi connectivity index (χ1) is 8.25. The molecule has 2 N–H and O–H groups in total. The maximum absolute atomic E-state index is 11.8. The van der Waals surface area contributed by atoms with Crippen molar-refractivity contribution in [3.05, 3.63) is 24.3 Å². The summed E-state index contributed by atoms with van der Waals surface area (Å²) >= 11 is 0. The number of hydrogen-bond acceptors (Lipinski definition) is 4. The van der Waals surface area contributed by atoms with Crippen LogP contribution in [0.1, 0.15) is 6.42 Å². The zero-order chi connectivity index (χ0) is 11.8. The van der Waals surface area contributed by atoms with Crippen LogP contribution in [0.3, 0.4) is 0 Å². The molecule has 0 spiro atoms. The minimum atomic E-state index is -0.297. The van der Waals surface area contributed by atoms with Crippen LogP contribution in [-0.2, 0) is 4.74 Å². The highest BCUT2D eigenvalue weighted by Gasteiger charge is 2.43. The second-order valence-electron chi connectivity index (χ2n) is 4.37. The average molecular weight is 234 g/mol. The van der Waals surface area contributed by atoms with Crippen LogP contribution in [0.4, 0.5) is 10.5 Å². The van der Waals surface area contributed by atoms with Crippen LogP contribution in [-0.4, -0.2) is 36.4 Å². The third kappa shape index (κ3) is 1.72. The summed E-state index contributed by atoms with van der Waals surface area (Å²) in [7, 11) is 0. The van der Waals surface area contributed by atoms with Crippen LogP contribution in [0.15, 0.2) is 24.3 Å². The molecule has 2 aliphatic rings. The van der Waals surface area contributed by atoms with Crippen molar-refractivity contribution in [3.63, 3.8) is 0 Å². The minimum absolute atomic E-state index is 0.0648. The summed E-state index contributed by atoms with van der Waals surface area (Å²) < 4.78 is 5.32. The number of piperidine rings is 1. The van der Waals surface area contributed by atoms with E-state index in [1.807, 2.05) is 0 Å². The summed E-state index contributed by atoms with van der Waals surface area (Å²) in [6.07, 6.45) is 0.525. The quantitative estimate of drug-likeness (QED) is 0.763. The number of benzene rings is 1. The molecular formula is C12H14N2O3. The second kappa shape index (κ2) is 3.92. The summed E-state index contributed by atoms with van der Waals surface area (Å²) in [5.74, 6) is 0.197. The first kappa shape index (κ1) is 10.4. The number of fused-ring (bicyclic) bond motifs is 1. The topological polar surface area (TPSA) is 61.8 Å². The lowest BCUT2D eigenvalue weighted by Crippen LogP contribution is -2.47. The lowest BCUT2D eigenvalue weighted by Gasteiger charge is -2.28. The van der Waals surface area contributed by atoms with Crippen molar-refractivity contribution in [2.75, 3.05) is 18.0 Å². The molecule has 2 atom stereocenters. The van der Waals surface area contributed by atoms with Crippen molar-refractivity contribution in [1.82, 2.24) is 5.32 Å². The smallest absolute Gasteiger partial charge is 0.415 e. The monoisotopic (exact) mass is 234 g/mol. The van der Waals surface area contributed by atoms with Gasteiger partial charge in [0.05, 0.1) is 6.04 Å². The van der Waals surface area contributed by atoms with Gasteiger partial charge >= 0.3 is 6.09 Å². The molecule has 2 unspecified atom stereocenters. The number of phenolic OH excluding ortho intramolecular Hbond substituents is 1. The third-order valence-corrected chi connectivity index (χ3v) is 3.30. The molecule has 0 aromatic heterocycles. The van der Waals surface area contributed by atoms with Crippen molar-refractivity contribution in [1.29, 1.82) is 0 Å². The second-order valence-corrected chi connectivity index (χ2v) is 4.37. The highest BCUT2D eigenvalue weighted by Crippen LogP contribution is 2.30. The third-order valence-electron chi connectivity index (χ3n) is 3.30. The number of hydrogen-bond donors (Lipinski definition) is 2. The van der Waals surface area contributed by atoms with Gasteiger partial charge in [-0.25, -0.2) is 4.79 Å². The fourth-order valence-corrected chi connectivity index (χ4v) is 2.46. The molecule has 5 heteroatoms. The van der Waals surface area contributed by atoms with Crippen LogP contribution in [0.5, 0.6) is 5.75 Å². The Balaban J connectivity index is 1.90. The standard InChI is InChI=1S/C12H14N2O3/c15-9-3-1-8(2-4-9)14-10-5-6-13-7-11(10)17-12(14)16/h1-4,10-11,13,15H,5-7H2. The largest absolute Gasteiger partial charge is 0.508 e. The highest BCUT2D eigenvalue weighted by molar-refractivity contribution is 5.90. The molecule has 90 valence electrons. The molecule has 2 saturated heterocycles. The zero-order valence-corrected chi connectivity index (χ0v) is 9.30. The number of amides is 1. The van der Waals surface area contributed by atoms with E-state index >= 15 is 0 Å². The van der Waals surface area contributed by atoms with E-state index in [9.17, 15) is 9.90 Å². The van der Waals surface area contributed by atoms with Crippen molar-refractivity contribution in [3.8, 4) is 5.75 Å². The highest BCUT2D eigenvalue weighted by atomic mass is 16.6. The maximum atomic E-state index is 11.8. The molecule has 2 heterocycles. The Labute approximate surface area is 99.0 Å². The predicted molar refractivity (Wildman–Crippen MR) is 62.1 cm³/mol. The molecular weight excluding hydrogens is 220 g/mol. The van der Waals surface area contributed by atoms with Crippen molar-refractivity contribution < 1.29 is 14.6 Å². The number of carbonyl (C=O) groups is 1. The number of nitrogens with zero attached hydrogens (tertiary/aromatic N) is 1. The van der Waals surface area contributed by atoms with Crippen molar-refractivity contribution >= 4 is 11.8 Å². The molecule has 3 rings (SSSR count). The Hall–Kier alpha value is -1.75. The Bertz CT molecular complexity index is 432. The van der Waals surface area contributed by atoms with Crippen LogP contribution >= 0.6 is 0 Å². The number of anilines is 1. The zero-order valence-electron chi connectivity index (χ0n) is 9.30. The van der Waals surface area contributed by atoms with Gasteiger partial charge in [0.15, 0.2) is 0 Å². The van der Waals surface area contributed by atoms with Gasteiger partial charge in [-0.05, 0) is 37.2 Å². The van der Waals surface area contributed by atoms with Crippen LogP contribution in [0, 0.1) is 0 Å². The number of rotatable bonds is 1. The lowest BCUT2D eigenvalue weighted by molar-refractivity contribution is 0.121. The van der Waals surface area contributed by atoms with E-state index in [2.05, 4.69) is 5.32 Å². The summed E-state index contributed by atoms with van der Waals surface area (Å²) in [5.41, 5.74) is 0.780. The SMILES string of the molecule is O=C1OC2CNCCC2N1c1ccc(O)cc1. The fraction of sp³-hybridized carbons (Fsp3) is 0.417. The van der Waals surface area contributed by atoms with Gasteiger partial charge in [0.25, 0.3) is 0 Å². The van der Waals surface area contributed by atoms with Gasteiger partial charge in [-0.2, -0.15) is 0 Å². The predicted octanol–water partition coefficient (Wildman–Crippen LogP) is 1.08. The van der Waals surface area contributed by atoms with E-state index in [0.717, 1.165) is 18.7 Å². The molecule has 5 nitrogen and oxygen atoms in total. The number of phenols is 1. The summed E-state index contributed by atoms with van der Waals surface area (Å²) in [6.45, 7) is 1.61. The molecule has 0 bridgehead atoms. The first-order valence-corrected chi connectivity index (χ1v) is 5.75. The minimum Gasteiger partial charge on any atom is -0.508 e. The van der Waals surface area contributed by atoms with Crippen LogP contribution < -0.4 is 10.2 Å². The van der Waals surface area contributed by atoms with Crippen LogP contribution in [0.25, 0.3) is 0 Å². The number of nitrogens with one attached hydrogen (secondary N) is 1. The van der Waals surface area contributed by atoms with Gasteiger partial charge in [0.1, 0.15) is 11.9 Å². The molecule has 17 heavy (non-hydrogen) atoms. The number of carbonyl (C=O) groups excluding carboxylic acids is 1. The summed E-state index contributed by atoms with van der Waals surface area (Å²) in [5, 5.41) is 12.5. The fourth-order valence-electron chi connectivity index (χ4n) is 2.46. The molecule has 2 aliphatic heterocycles. The Morgan fingerprint density at radius 2 is 2.12 bits per heavy atom. The molecule has 1 amide bonds. The summed E-state index contributed by atoms with van der Waals surface area (Å²) in [6, 6.07) is 6.74.